The van der Waals surface area contributed by atoms with Gasteiger partial charge in [-0.25, -0.2) is 0 Å². The number of nitrogens with zero attached hydrogens (tertiary/aromatic N) is 1. The van der Waals surface area contributed by atoms with Gasteiger partial charge in [-0.1, -0.05) is 24.3 Å². The molecular weight excluding hydrogens is 242 g/mol. The summed E-state index contributed by atoms with van der Waals surface area (Å²) in [7, 11) is 1.56. The summed E-state index contributed by atoms with van der Waals surface area (Å²) in [5.74, 6) is -1.05. The zero-order chi connectivity index (χ0) is 13.3. The highest BCUT2D eigenvalue weighted by Gasteiger charge is 2.61. The van der Waals surface area contributed by atoms with Crippen molar-refractivity contribution >= 4 is 11.8 Å². The number of imide groups is 1. The number of aliphatic hydroxyl groups is 1. The first-order valence-electron chi connectivity index (χ1n) is 6.69. The first kappa shape index (κ1) is 11.2. The molecule has 4 aliphatic rings. The quantitative estimate of drug-likeness (QED) is 0.701. The number of carbonyl (C=O) groups is 2. The van der Waals surface area contributed by atoms with E-state index in [0.29, 0.717) is 6.42 Å². The highest BCUT2D eigenvalue weighted by atomic mass is 16.3. The molecule has 2 bridgehead atoms. The summed E-state index contributed by atoms with van der Waals surface area (Å²) in [6, 6.07) is 7.92. The van der Waals surface area contributed by atoms with E-state index < -0.39 is 6.10 Å². The predicted octanol–water partition coefficient (Wildman–Crippen LogP) is 0.863. The molecule has 4 heteroatoms. The molecule has 98 valence electrons. The smallest absolute Gasteiger partial charge is 0.233 e. The van der Waals surface area contributed by atoms with Gasteiger partial charge in [-0.3, -0.25) is 14.5 Å². The van der Waals surface area contributed by atoms with Crippen LogP contribution in [0.2, 0.25) is 0 Å². The number of rotatable bonds is 0. The zero-order valence-corrected chi connectivity index (χ0v) is 10.6. The van der Waals surface area contributed by atoms with E-state index in [1.807, 2.05) is 24.3 Å². The molecule has 1 aliphatic heterocycles. The third-order valence-corrected chi connectivity index (χ3v) is 5.10. The molecule has 2 fully saturated rings. The van der Waals surface area contributed by atoms with Crippen molar-refractivity contribution < 1.29 is 14.7 Å². The number of fused-ring (bicyclic) bond motifs is 1. The Kier molecular flexibility index (Phi) is 2.03. The van der Waals surface area contributed by atoms with Crippen molar-refractivity contribution in [2.75, 3.05) is 7.05 Å². The van der Waals surface area contributed by atoms with Gasteiger partial charge in [0.1, 0.15) is 0 Å². The van der Waals surface area contributed by atoms with E-state index in [0.717, 1.165) is 11.1 Å². The summed E-state index contributed by atoms with van der Waals surface area (Å²) >= 11 is 0. The number of benzene rings is 1. The molecule has 19 heavy (non-hydrogen) atoms. The molecule has 5 unspecified atom stereocenters. The Morgan fingerprint density at radius 1 is 1.05 bits per heavy atom. The van der Waals surface area contributed by atoms with Crippen LogP contribution in [0.25, 0.3) is 0 Å². The second-order valence-corrected chi connectivity index (χ2v) is 5.85. The van der Waals surface area contributed by atoms with E-state index in [1.165, 1.54) is 4.90 Å². The molecule has 1 aromatic carbocycles. The SMILES string of the molecule is CN1C(=O)C2C3CC(O)C(c4ccccc43)C2C1=O. The van der Waals surface area contributed by atoms with E-state index in [-0.39, 0.29) is 35.5 Å². The molecule has 4 nitrogen and oxygen atoms in total. The van der Waals surface area contributed by atoms with Crippen molar-refractivity contribution in [1.82, 2.24) is 4.90 Å². The van der Waals surface area contributed by atoms with Gasteiger partial charge < -0.3 is 5.11 Å². The summed E-state index contributed by atoms with van der Waals surface area (Å²) in [5.41, 5.74) is 2.21. The van der Waals surface area contributed by atoms with Crippen LogP contribution in [0.4, 0.5) is 0 Å². The summed E-state index contributed by atoms with van der Waals surface area (Å²) in [5, 5.41) is 10.3. The van der Waals surface area contributed by atoms with Crippen molar-refractivity contribution in [2.45, 2.75) is 24.4 Å². The first-order valence-corrected chi connectivity index (χ1v) is 6.69. The third kappa shape index (κ3) is 1.18. The summed E-state index contributed by atoms with van der Waals surface area (Å²) in [4.78, 5) is 25.8. The Hall–Kier alpha value is -1.68. The fourth-order valence-corrected chi connectivity index (χ4v) is 4.33. The normalized spacial score (nSPS) is 39.5. The molecule has 5 atom stereocenters. The van der Waals surface area contributed by atoms with Gasteiger partial charge in [-0.05, 0) is 23.5 Å². The number of carbonyl (C=O) groups excluding carboxylic acids is 2. The van der Waals surface area contributed by atoms with Gasteiger partial charge in [0, 0.05) is 13.0 Å². The topological polar surface area (TPSA) is 57.6 Å². The van der Waals surface area contributed by atoms with Crippen LogP contribution in [0, 0.1) is 11.8 Å². The minimum atomic E-state index is -0.510. The van der Waals surface area contributed by atoms with Crippen LogP contribution in [0.5, 0.6) is 0 Å². The summed E-state index contributed by atoms with van der Waals surface area (Å²) < 4.78 is 0. The molecule has 1 saturated heterocycles. The second-order valence-electron chi connectivity index (χ2n) is 5.85. The number of hydrogen-bond donors (Lipinski definition) is 1. The van der Waals surface area contributed by atoms with Crippen LogP contribution in [0.1, 0.15) is 29.4 Å². The Bertz CT molecular complexity index is 597. The highest BCUT2D eigenvalue weighted by molar-refractivity contribution is 6.06. The van der Waals surface area contributed by atoms with Gasteiger partial charge in [-0.2, -0.15) is 0 Å². The predicted molar refractivity (Wildman–Crippen MR) is 67.3 cm³/mol. The average Bonchev–Trinajstić information content (AvgIpc) is 2.65. The van der Waals surface area contributed by atoms with Crippen molar-refractivity contribution in [3.63, 3.8) is 0 Å². The van der Waals surface area contributed by atoms with E-state index in [9.17, 15) is 14.7 Å². The summed E-state index contributed by atoms with van der Waals surface area (Å²) in [6.07, 6.45) is 0.0831. The Morgan fingerprint density at radius 2 is 1.68 bits per heavy atom. The molecule has 1 saturated carbocycles. The van der Waals surface area contributed by atoms with Crippen LogP contribution in [0.15, 0.2) is 24.3 Å². The van der Waals surface area contributed by atoms with E-state index in [2.05, 4.69) is 0 Å². The molecule has 3 aliphatic carbocycles. The largest absolute Gasteiger partial charge is 0.392 e. The minimum Gasteiger partial charge on any atom is -0.392 e. The number of aliphatic hydroxyl groups excluding tert-OH is 1. The molecule has 1 N–H and O–H groups in total. The van der Waals surface area contributed by atoms with Crippen molar-refractivity contribution in [2.24, 2.45) is 11.8 Å². The lowest BCUT2D eigenvalue weighted by Gasteiger charge is -2.47. The first-order chi connectivity index (χ1) is 9.11. The molecule has 1 heterocycles. The highest BCUT2D eigenvalue weighted by Crippen LogP contribution is 2.58. The molecule has 1 aromatic rings. The maximum atomic E-state index is 12.3. The maximum absolute atomic E-state index is 12.3. The molecule has 0 aromatic heterocycles. The number of hydrogen-bond acceptors (Lipinski definition) is 3. The standard InChI is InChI=1S/C15H15NO3/c1-16-14(18)12-9-6-10(17)11(13(12)15(16)19)8-5-3-2-4-7(8)9/h2-5,9-13,17H,6H2,1H3. The molecule has 2 amide bonds. The van der Waals surface area contributed by atoms with E-state index in [1.54, 1.807) is 7.05 Å². The van der Waals surface area contributed by atoms with Gasteiger partial charge in [0.05, 0.1) is 17.9 Å². The van der Waals surface area contributed by atoms with E-state index >= 15 is 0 Å². The zero-order valence-electron chi connectivity index (χ0n) is 10.6. The van der Waals surface area contributed by atoms with Crippen molar-refractivity contribution in [3.05, 3.63) is 35.4 Å². The van der Waals surface area contributed by atoms with Crippen LogP contribution < -0.4 is 0 Å². The van der Waals surface area contributed by atoms with Crippen LogP contribution >= 0.6 is 0 Å². The van der Waals surface area contributed by atoms with Gasteiger partial charge in [0.25, 0.3) is 0 Å². The Labute approximate surface area is 111 Å². The lowest BCUT2D eigenvalue weighted by Crippen LogP contribution is -2.47. The fourth-order valence-electron chi connectivity index (χ4n) is 4.33. The van der Waals surface area contributed by atoms with Gasteiger partial charge in [0.15, 0.2) is 0 Å². The summed E-state index contributed by atoms with van der Waals surface area (Å²) in [6.45, 7) is 0. The molecule has 5 rings (SSSR count). The maximum Gasteiger partial charge on any atom is 0.233 e. The monoisotopic (exact) mass is 257 g/mol. The Morgan fingerprint density at radius 3 is 2.42 bits per heavy atom. The van der Waals surface area contributed by atoms with Crippen molar-refractivity contribution in [3.8, 4) is 0 Å². The van der Waals surface area contributed by atoms with Gasteiger partial charge in [0.2, 0.25) is 11.8 Å². The second kappa shape index (κ2) is 3.45. The lowest BCUT2D eigenvalue weighted by atomic mass is 9.56. The third-order valence-electron chi connectivity index (χ3n) is 5.10. The fraction of sp³-hybridized carbons (Fsp3) is 0.467. The number of amides is 2. The average molecular weight is 257 g/mol. The lowest BCUT2D eigenvalue weighted by molar-refractivity contribution is -0.138. The van der Waals surface area contributed by atoms with Crippen molar-refractivity contribution in [1.29, 1.82) is 0 Å². The van der Waals surface area contributed by atoms with Crippen LogP contribution in [-0.4, -0.2) is 35.0 Å². The molecular formula is C15H15NO3. The Balaban J connectivity index is 1.95. The van der Waals surface area contributed by atoms with Crippen LogP contribution in [-0.2, 0) is 9.59 Å². The van der Waals surface area contributed by atoms with E-state index in [4.69, 9.17) is 0 Å². The molecule has 0 radical (unpaired) electrons. The van der Waals surface area contributed by atoms with Gasteiger partial charge >= 0.3 is 0 Å². The van der Waals surface area contributed by atoms with Crippen LogP contribution in [0.3, 0.4) is 0 Å². The number of likely N-dealkylation sites (tertiary alicyclic amines) is 1. The van der Waals surface area contributed by atoms with Gasteiger partial charge in [-0.15, -0.1) is 0 Å². The molecule has 0 spiro atoms. The minimum absolute atomic E-state index is 0.0115.